The number of likely N-dealkylation sites (N-methyl/N-ethyl adjacent to an activating group) is 1. The average Bonchev–Trinajstić information content (AvgIpc) is 2.43. The van der Waals surface area contributed by atoms with Crippen LogP contribution in [0.2, 0.25) is 0 Å². The Hall–Kier alpha value is -1.84. The lowest BCUT2D eigenvalue weighted by molar-refractivity contribution is -0.148. The van der Waals surface area contributed by atoms with E-state index in [1.165, 1.54) is 11.8 Å². The van der Waals surface area contributed by atoms with E-state index in [1.54, 1.807) is 7.05 Å². The van der Waals surface area contributed by atoms with Crippen LogP contribution >= 0.6 is 0 Å². The minimum Gasteiger partial charge on any atom is -0.480 e. The lowest BCUT2D eigenvalue weighted by Gasteiger charge is -2.26. The second-order valence-electron chi connectivity index (χ2n) is 4.72. The average molecular weight is 263 g/mol. The Morgan fingerprint density at radius 1 is 1.26 bits per heavy atom. The van der Waals surface area contributed by atoms with Gasteiger partial charge in [-0.25, -0.2) is 4.79 Å². The topological polar surface area (TPSA) is 57.6 Å². The van der Waals surface area contributed by atoms with Crippen LogP contribution in [0.1, 0.15) is 38.2 Å². The summed E-state index contributed by atoms with van der Waals surface area (Å²) >= 11 is 0. The molecule has 2 atom stereocenters. The van der Waals surface area contributed by atoms with Crippen molar-refractivity contribution in [3.63, 3.8) is 0 Å². The highest BCUT2D eigenvalue weighted by atomic mass is 16.4. The van der Waals surface area contributed by atoms with Crippen molar-refractivity contribution in [2.24, 2.45) is 0 Å². The Bertz CT molecular complexity index is 430. The van der Waals surface area contributed by atoms with Crippen molar-refractivity contribution in [1.82, 2.24) is 4.90 Å². The lowest BCUT2D eigenvalue weighted by atomic mass is 9.93. The number of carboxylic acid groups (broad SMARTS) is 1. The highest BCUT2D eigenvalue weighted by Gasteiger charge is 2.28. The molecule has 19 heavy (non-hydrogen) atoms. The number of carbonyl (C=O) groups is 2. The largest absolute Gasteiger partial charge is 0.480 e. The number of carboxylic acids is 1. The Morgan fingerprint density at radius 3 is 2.32 bits per heavy atom. The molecular weight excluding hydrogens is 242 g/mol. The van der Waals surface area contributed by atoms with Gasteiger partial charge in [-0.15, -0.1) is 0 Å². The molecule has 0 aliphatic carbocycles. The maximum Gasteiger partial charge on any atom is 0.326 e. The van der Waals surface area contributed by atoms with Gasteiger partial charge in [-0.3, -0.25) is 4.79 Å². The van der Waals surface area contributed by atoms with Crippen LogP contribution in [0.5, 0.6) is 0 Å². The van der Waals surface area contributed by atoms with Crippen LogP contribution in [0.4, 0.5) is 0 Å². The molecule has 0 saturated heterocycles. The van der Waals surface area contributed by atoms with Gasteiger partial charge in [-0.2, -0.15) is 0 Å². The summed E-state index contributed by atoms with van der Waals surface area (Å²) in [5.41, 5.74) is 0.943. The number of carbonyl (C=O) groups excluding carboxylic acids is 1. The monoisotopic (exact) mass is 263 g/mol. The molecule has 0 bridgehead atoms. The molecule has 0 fully saturated rings. The van der Waals surface area contributed by atoms with E-state index in [9.17, 15) is 9.59 Å². The third-order valence-corrected chi connectivity index (χ3v) is 3.36. The van der Waals surface area contributed by atoms with Crippen LogP contribution in [0.15, 0.2) is 30.3 Å². The smallest absolute Gasteiger partial charge is 0.326 e. The predicted molar refractivity (Wildman–Crippen MR) is 74.0 cm³/mol. The number of amides is 1. The van der Waals surface area contributed by atoms with Crippen molar-refractivity contribution in [2.45, 2.75) is 38.6 Å². The molecule has 1 aromatic rings. The maximum atomic E-state index is 12.4. The molecule has 1 amide bonds. The zero-order valence-electron chi connectivity index (χ0n) is 11.7. The summed E-state index contributed by atoms with van der Waals surface area (Å²) in [5, 5.41) is 8.99. The van der Waals surface area contributed by atoms with E-state index >= 15 is 0 Å². The fraction of sp³-hybridized carbons (Fsp3) is 0.467. The molecule has 0 radical (unpaired) electrons. The zero-order valence-corrected chi connectivity index (χ0v) is 11.7. The minimum atomic E-state index is -0.987. The van der Waals surface area contributed by atoms with E-state index in [0.717, 1.165) is 18.4 Å². The van der Waals surface area contributed by atoms with Gasteiger partial charge in [0.05, 0.1) is 5.92 Å². The number of hydrogen-bond acceptors (Lipinski definition) is 2. The van der Waals surface area contributed by atoms with Crippen molar-refractivity contribution in [1.29, 1.82) is 0 Å². The van der Waals surface area contributed by atoms with Crippen LogP contribution in [0.3, 0.4) is 0 Å². The summed E-state index contributed by atoms with van der Waals surface area (Å²) < 4.78 is 0. The SMILES string of the molecule is CCCC(C(=O)N(C)C(C)C(=O)O)c1ccccc1. The van der Waals surface area contributed by atoms with Gasteiger partial charge in [0.15, 0.2) is 0 Å². The fourth-order valence-electron chi connectivity index (χ4n) is 2.01. The van der Waals surface area contributed by atoms with Gasteiger partial charge in [0, 0.05) is 7.05 Å². The normalized spacial score (nSPS) is 13.6. The van der Waals surface area contributed by atoms with Crippen molar-refractivity contribution < 1.29 is 14.7 Å². The van der Waals surface area contributed by atoms with Crippen molar-refractivity contribution in [3.05, 3.63) is 35.9 Å². The van der Waals surface area contributed by atoms with Gasteiger partial charge in [0.25, 0.3) is 0 Å². The zero-order chi connectivity index (χ0) is 14.4. The van der Waals surface area contributed by atoms with Crippen LogP contribution in [-0.2, 0) is 9.59 Å². The molecule has 1 rings (SSSR count). The summed E-state index contributed by atoms with van der Waals surface area (Å²) in [5.74, 6) is -1.39. The van der Waals surface area contributed by atoms with Crippen LogP contribution in [-0.4, -0.2) is 35.0 Å². The van der Waals surface area contributed by atoms with E-state index < -0.39 is 12.0 Å². The number of hydrogen-bond donors (Lipinski definition) is 1. The van der Waals surface area contributed by atoms with Gasteiger partial charge in [-0.05, 0) is 18.9 Å². The van der Waals surface area contributed by atoms with Crippen LogP contribution in [0, 0.1) is 0 Å². The Balaban J connectivity index is 2.94. The van der Waals surface area contributed by atoms with Gasteiger partial charge in [0.1, 0.15) is 6.04 Å². The molecule has 1 N–H and O–H groups in total. The molecule has 0 aliphatic rings. The number of nitrogens with zero attached hydrogens (tertiary/aromatic N) is 1. The van der Waals surface area contributed by atoms with Crippen LogP contribution in [0.25, 0.3) is 0 Å². The standard InChI is InChI=1S/C15H21NO3/c1-4-8-13(12-9-6-5-7-10-12)14(17)16(3)11(2)15(18)19/h5-7,9-11,13H,4,8H2,1-3H3,(H,18,19). The van der Waals surface area contributed by atoms with E-state index in [0.29, 0.717) is 0 Å². The van der Waals surface area contributed by atoms with E-state index in [-0.39, 0.29) is 11.8 Å². The first-order chi connectivity index (χ1) is 8.99. The van der Waals surface area contributed by atoms with Crippen molar-refractivity contribution >= 4 is 11.9 Å². The molecule has 104 valence electrons. The van der Waals surface area contributed by atoms with Crippen LogP contribution < -0.4 is 0 Å². The molecule has 4 heteroatoms. The minimum absolute atomic E-state index is 0.136. The summed E-state index contributed by atoms with van der Waals surface area (Å²) in [6, 6.07) is 8.71. The van der Waals surface area contributed by atoms with Gasteiger partial charge in [0.2, 0.25) is 5.91 Å². The second kappa shape index (κ2) is 6.92. The number of benzene rings is 1. The highest BCUT2D eigenvalue weighted by Crippen LogP contribution is 2.24. The molecule has 4 nitrogen and oxygen atoms in total. The summed E-state index contributed by atoms with van der Waals surface area (Å²) in [7, 11) is 1.55. The third-order valence-electron chi connectivity index (χ3n) is 3.36. The molecule has 0 saturated carbocycles. The third kappa shape index (κ3) is 3.81. The molecule has 0 heterocycles. The Kier molecular flexibility index (Phi) is 5.55. The van der Waals surface area contributed by atoms with E-state index in [1.807, 2.05) is 37.3 Å². The van der Waals surface area contributed by atoms with Crippen molar-refractivity contribution in [2.75, 3.05) is 7.05 Å². The Labute approximate surface area is 114 Å². The fourth-order valence-corrected chi connectivity index (χ4v) is 2.01. The molecule has 2 unspecified atom stereocenters. The molecule has 0 aliphatic heterocycles. The summed E-state index contributed by atoms with van der Waals surface area (Å²) in [6.07, 6.45) is 1.60. The number of aliphatic carboxylic acids is 1. The first kappa shape index (κ1) is 15.2. The van der Waals surface area contributed by atoms with Gasteiger partial charge >= 0.3 is 5.97 Å². The van der Waals surface area contributed by atoms with Gasteiger partial charge in [-0.1, -0.05) is 43.7 Å². The summed E-state index contributed by atoms with van der Waals surface area (Å²) in [6.45, 7) is 3.54. The highest BCUT2D eigenvalue weighted by molar-refractivity contribution is 5.87. The maximum absolute atomic E-state index is 12.4. The quantitative estimate of drug-likeness (QED) is 0.858. The molecular formula is C15H21NO3. The Morgan fingerprint density at radius 2 is 1.84 bits per heavy atom. The van der Waals surface area contributed by atoms with Crippen molar-refractivity contribution in [3.8, 4) is 0 Å². The van der Waals surface area contributed by atoms with Gasteiger partial charge < -0.3 is 10.0 Å². The first-order valence-electron chi connectivity index (χ1n) is 6.53. The van der Waals surface area contributed by atoms with E-state index in [4.69, 9.17) is 5.11 Å². The molecule has 0 aromatic heterocycles. The summed E-state index contributed by atoms with van der Waals surface area (Å²) in [4.78, 5) is 24.7. The molecule has 0 spiro atoms. The first-order valence-corrected chi connectivity index (χ1v) is 6.53. The predicted octanol–water partition coefficient (Wildman–Crippen LogP) is 2.50. The number of rotatable bonds is 6. The lowest BCUT2D eigenvalue weighted by Crippen LogP contribution is -2.42. The second-order valence-corrected chi connectivity index (χ2v) is 4.72. The van der Waals surface area contributed by atoms with E-state index in [2.05, 4.69) is 0 Å². The molecule has 1 aromatic carbocycles.